The summed E-state index contributed by atoms with van der Waals surface area (Å²) in [6, 6.07) is 56.2. The number of aromatic nitrogens is 5. The summed E-state index contributed by atoms with van der Waals surface area (Å²) in [7, 11) is 0. The molecule has 0 spiro atoms. The van der Waals surface area contributed by atoms with Gasteiger partial charge in [0.05, 0.1) is 21.5 Å². The maximum Gasteiger partial charge on any atom is 0.164 e. The predicted octanol–water partition coefficient (Wildman–Crippen LogP) is 13.6. The molecule has 0 N–H and O–H groups in total. The van der Waals surface area contributed by atoms with Crippen LogP contribution in [0.5, 0.6) is 0 Å². The second-order valence-corrected chi connectivity index (χ2v) is 16.1. The third-order valence-electron chi connectivity index (χ3n) is 10.6. The number of hydrogen-bond donors (Lipinski definition) is 0. The Hall–Kier alpha value is -7.13. The lowest BCUT2D eigenvalue weighted by Crippen LogP contribution is -2.00. The van der Waals surface area contributed by atoms with Crippen molar-refractivity contribution in [3.8, 4) is 56.8 Å². The quantitative estimate of drug-likeness (QED) is 0.174. The van der Waals surface area contributed by atoms with Gasteiger partial charge in [0.15, 0.2) is 23.3 Å². The van der Waals surface area contributed by atoms with Crippen LogP contribution in [0.2, 0.25) is 0 Å². The van der Waals surface area contributed by atoms with E-state index in [0.29, 0.717) is 23.3 Å². The average molecular weight is 766 g/mol. The summed E-state index contributed by atoms with van der Waals surface area (Å²) >= 11 is 3.51. The highest BCUT2D eigenvalue weighted by molar-refractivity contribution is 7.26. The second-order valence-electron chi connectivity index (χ2n) is 14.0. The van der Waals surface area contributed by atoms with Crippen LogP contribution < -0.4 is 0 Å². The van der Waals surface area contributed by atoms with Gasteiger partial charge in [0.1, 0.15) is 11.2 Å². The van der Waals surface area contributed by atoms with E-state index in [1.165, 1.54) is 19.5 Å². The molecule has 57 heavy (non-hydrogen) atoms. The normalized spacial score (nSPS) is 11.9. The molecule has 0 bridgehead atoms. The molecule has 12 rings (SSSR count). The summed E-state index contributed by atoms with van der Waals surface area (Å²) in [5.41, 5.74) is 7.95. The van der Waals surface area contributed by atoms with E-state index in [-0.39, 0.29) is 0 Å². The monoisotopic (exact) mass is 765 g/mol. The lowest BCUT2D eigenvalue weighted by molar-refractivity contribution is 0.669. The van der Waals surface area contributed by atoms with E-state index in [1.54, 1.807) is 22.7 Å². The number of benzene rings is 7. The Balaban J connectivity index is 1.04. The number of hydrogen-bond acceptors (Lipinski definition) is 8. The molecule has 5 aromatic heterocycles. The van der Waals surface area contributed by atoms with Crippen molar-refractivity contribution in [2.45, 2.75) is 0 Å². The Morgan fingerprint density at radius 1 is 0.386 bits per heavy atom. The number of nitrogens with zero attached hydrogens (tertiary/aromatic N) is 5. The highest BCUT2D eigenvalue weighted by Crippen LogP contribution is 2.43. The molecular weight excluding hydrogens is 739 g/mol. The molecular formula is C49H27N5OS2. The summed E-state index contributed by atoms with van der Waals surface area (Å²) in [6.45, 7) is 0. The van der Waals surface area contributed by atoms with Crippen LogP contribution in [-0.2, 0) is 0 Å². The van der Waals surface area contributed by atoms with Crippen molar-refractivity contribution in [3.05, 3.63) is 164 Å². The van der Waals surface area contributed by atoms with Gasteiger partial charge in [-0.3, -0.25) is 0 Å². The molecule has 0 aliphatic rings. The molecule has 0 unspecified atom stereocenters. The Labute approximate surface area is 333 Å². The van der Waals surface area contributed by atoms with Crippen LogP contribution in [0.4, 0.5) is 0 Å². The number of para-hydroxylation sites is 1. The summed E-state index contributed by atoms with van der Waals surface area (Å²) in [5, 5.41) is 5.46. The summed E-state index contributed by atoms with van der Waals surface area (Å²) in [5.74, 6) is 2.44. The average Bonchev–Trinajstić information content (AvgIpc) is 3.97. The first-order chi connectivity index (χ1) is 28.2. The molecule has 266 valence electrons. The van der Waals surface area contributed by atoms with Gasteiger partial charge in [0.25, 0.3) is 0 Å². The zero-order valence-electron chi connectivity index (χ0n) is 30.0. The zero-order valence-corrected chi connectivity index (χ0v) is 31.7. The van der Waals surface area contributed by atoms with Crippen LogP contribution in [0, 0.1) is 0 Å². The maximum absolute atomic E-state index is 6.80. The molecule has 7 aromatic carbocycles. The number of rotatable bonds is 5. The van der Waals surface area contributed by atoms with Gasteiger partial charge in [-0.15, -0.1) is 22.7 Å². The van der Waals surface area contributed by atoms with Crippen LogP contribution in [0.1, 0.15) is 0 Å². The van der Waals surface area contributed by atoms with Crippen molar-refractivity contribution in [3.63, 3.8) is 0 Å². The summed E-state index contributed by atoms with van der Waals surface area (Å²) in [4.78, 5) is 25.8. The highest BCUT2D eigenvalue weighted by Gasteiger charge is 2.21. The van der Waals surface area contributed by atoms with E-state index >= 15 is 0 Å². The molecule has 5 heterocycles. The van der Waals surface area contributed by atoms with Gasteiger partial charge in [0.2, 0.25) is 0 Å². The predicted molar refractivity (Wildman–Crippen MR) is 236 cm³/mol. The minimum Gasteiger partial charge on any atom is -0.455 e. The fraction of sp³-hybridized carbons (Fsp3) is 0. The molecule has 0 aliphatic heterocycles. The maximum atomic E-state index is 6.80. The van der Waals surface area contributed by atoms with Crippen molar-refractivity contribution in [1.29, 1.82) is 0 Å². The lowest BCUT2D eigenvalue weighted by Gasteiger charge is -2.09. The van der Waals surface area contributed by atoms with Gasteiger partial charge >= 0.3 is 0 Å². The van der Waals surface area contributed by atoms with Gasteiger partial charge in [-0.25, -0.2) is 24.9 Å². The largest absolute Gasteiger partial charge is 0.455 e. The molecule has 0 saturated carbocycles. The number of furan rings is 1. The van der Waals surface area contributed by atoms with Gasteiger partial charge in [0, 0.05) is 63.3 Å². The molecule has 6 nitrogen and oxygen atoms in total. The van der Waals surface area contributed by atoms with E-state index in [0.717, 1.165) is 76.4 Å². The molecule has 0 fully saturated rings. The minimum atomic E-state index is 0.573. The fourth-order valence-electron chi connectivity index (χ4n) is 7.92. The van der Waals surface area contributed by atoms with Gasteiger partial charge in [-0.05, 0) is 36.4 Å². The van der Waals surface area contributed by atoms with E-state index in [2.05, 4.69) is 121 Å². The zero-order chi connectivity index (χ0) is 37.5. The van der Waals surface area contributed by atoms with Gasteiger partial charge < -0.3 is 4.42 Å². The van der Waals surface area contributed by atoms with Crippen LogP contribution in [-0.4, -0.2) is 24.9 Å². The van der Waals surface area contributed by atoms with Crippen molar-refractivity contribution in [2.75, 3.05) is 0 Å². The van der Waals surface area contributed by atoms with E-state index in [1.807, 2.05) is 42.5 Å². The molecule has 12 aromatic rings. The van der Waals surface area contributed by atoms with Crippen molar-refractivity contribution < 1.29 is 4.42 Å². The first kappa shape index (κ1) is 32.1. The molecule has 0 atom stereocenters. The standard InChI is InChI=1S/C49H27N5OS2/c1-3-13-28(14-4-1)42-45-43(34-18-8-10-23-39(34)57-45)51-49(50-42)36-21-11-19-32-31-26-25-30(27-37(31)55-44(32)36)47-52-46(29-15-5-2-6-16-29)53-48(54-47)35-20-12-24-40-41(35)33-17-7-9-22-38(33)56-40/h1-27H. The van der Waals surface area contributed by atoms with Crippen molar-refractivity contribution in [2.24, 2.45) is 0 Å². The van der Waals surface area contributed by atoms with Gasteiger partial charge in [-0.1, -0.05) is 127 Å². The molecule has 0 radical (unpaired) electrons. The Morgan fingerprint density at radius 2 is 1.00 bits per heavy atom. The molecule has 0 aliphatic carbocycles. The first-order valence-electron chi connectivity index (χ1n) is 18.7. The van der Waals surface area contributed by atoms with Crippen molar-refractivity contribution in [1.82, 2.24) is 24.9 Å². The number of fused-ring (bicyclic) bond motifs is 9. The third-order valence-corrected chi connectivity index (χ3v) is 12.9. The second kappa shape index (κ2) is 12.7. The Morgan fingerprint density at radius 3 is 1.82 bits per heavy atom. The van der Waals surface area contributed by atoms with E-state index < -0.39 is 0 Å². The third kappa shape index (κ3) is 5.19. The van der Waals surface area contributed by atoms with E-state index in [9.17, 15) is 0 Å². The molecule has 0 saturated heterocycles. The smallest absolute Gasteiger partial charge is 0.164 e. The van der Waals surface area contributed by atoms with Crippen LogP contribution >= 0.6 is 22.7 Å². The Kier molecular flexibility index (Phi) is 7.17. The number of thiophene rings is 2. The highest BCUT2D eigenvalue weighted by atomic mass is 32.1. The molecule has 0 amide bonds. The SMILES string of the molecule is c1ccc(-c2nc(-c3ccc4c(c3)oc3c(-c5nc(-c6ccccc6)c6sc7ccccc7c6n5)cccc34)nc(-c3cccc4sc5ccccc5c34)n2)cc1. The topological polar surface area (TPSA) is 77.6 Å². The lowest BCUT2D eigenvalue weighted by atomic mass is 10.0. The van der Waals surface area contributed by atoms with E-state index in [4.69, 9.17) is 29.3 Å². The summed E-state index contributed by atoms with van der Waals surface area (Å²) < 4.78 is 11.5. The fourth-order valence-corrected chi connectivity index (χ4v) is 10.2. The van der Waals surface area contributed by atoms with Crippen LogP contribution in [0.15, 0.2) is 168 Å². The van der Waals surface area contributed by atoms with Crippen LogP contribution in [0.25, 0.3) is 119 Å². The first-order valence-corrected chi connectivity index (χ1v) is 20.3. The Bertz CT molecular complexity index is 3540. The van der Waals surface area contributed by atoms with Crippen LogP contribution in [0.3, 0.4) is 0 Å². The van der Waals surface area contributed by atoms with Crippen molar-refractivity contribution >= 4 is 85.1 Å². The van der Waals surface area contributed by atoms with Gasteiger partial charge in [-0.2, -0.15) is 0 Å². The molecule has 8 heteroatoms. The minimum absolute atomic E-state index is 0.573. The summed E-state index contributed by atoms with van der Waals surface area (Å²) in [6.07, 6.45) is 0.